The number of benzene rings is 2. The average Bonchev–Trinajstić information content (AvgIpc) is 3.62. The molecule has 10 nitrogen and oxygen atoms in total. The average molecular weight is 550 g/mol. The molecule has 37 heavy (non-hydrogen) atoms. The van der Waals surface area contributed by atoms with Crippen molar-refractivity contribution in [3.63, 3.8) is 0 Å². The van der Waals surface area contributed by atoms with Crippen LogP contribution < -0.4 is 14.9 Å². The highest BCUT2D eigenvalue weighted by atomic mass is 32.2. The number of esters is 1. The number of nitrogens with one attached hydrogen (secondary N) is 2. The fraction of sp³-hybridized carbons (Fsp3) is 0.440. The first kappa shape index (κ1) is 27.1. The number of nitrogens with zero attached hydrogens (tertiary/aromatic N) is 1. The lowest BCUT2D eigenvalue weighted by atomic mass is 9.93. The van der Waals surface area contributed by atoms with E-state index in [9.17, 15) is 26.8 Å². The van der Waals surface area contributed by atoms with E-state index in [0.717, 1.165) is 25.9 Å². The molecule has 1 aliphatic heterocycles. The van der Waals surface area contributed by atoms with Crippen LogP contribution in [0.5, 0.6) is 0 Å². The quantitative estimate of drug-likeness (QED) is 0.318. The van der Waals surface area contributed by atoms with Crippen LogP contribution in [0.3, 0.4) is 0 Å². The van der Waals surface area contributed by atoms with E-state index in [2.05, 4.69) is 14.9 Å². The number of amides is 1. The summed E-state index contributed by atoms with van der Waals surface area (Å²) in [5, 5.41) is 1.36. The lowest BCUT2D eigenvalue weighted by Crippen LogP contribution is -2.36. The summed E-state index contributed by atoms with van der Waals surface area (Å²) >= 11 is -2.19. The second-order valence-corrected chi connectivity index (χ2v) is 12.5. The van der Waals surface area contributed by atoms with Crippen molar-refractivity contribution < 1.29 is 31.5 Å². The number of carbonyl (C=O) groups excluding carboxylic acids is 2. The number of piperidine rings is 1. The molecule has 1 saturated heterocycles. The molecule has 0 bridgehead atoms. The number of hydrogen-bond donors (Lipinski definition) is 3. The van der Waals surface area contributed by atoms with Crippen LogP contribution in [0.2, 0.25) is 0 Å². The summed E-state index contributed by atoms with van der Waals surface area (Å²) in [7, 11) is -4.08. The van der Waals surface area contributed by atoms with Crippen LogP contribution in [0.25, 0.3) is 0 Å². The Hall–Kier alpha value is -2.96. The number of ether oxygens (including phenoxy) is 1. The van der Waals surface area contributed by atoms with Crippen LogP contribution >= 0.6 is 0 Å². The maximum atomic E-state index is 13.3. The van der Waals surface area contributed by atoms with Crippen molar-refractivity contribution in [1.82, 2.24) is 0 Å². The van der Waals surface area contributed by atoms with Gasteiger partial charge >= 0.3 is 5.97 Å². The van der Waals surface area contributed by atoms with Crippen molar-refractivity contribution in [2.24, 2.45) is 5.41 Å². The number of sulfonamides is 1. The zero-order chi connectivity index (χ0) is 26.8. The smallest absolute Gasteiger partial charge is 0.325 e. The Balaban J connectivity index is 1.61. The van der Waals surface area contributed by atoms with Crippen molar-refractivity contribution in [2.45, 2.75) is 49.7 Å². The molecule has 3 N–H and O–H groups in total. The van der Waals surface area contributed by atoms with Gasteiger partial charge in [-0.05, 0) is 81.3 Å². The standard InChI is InChI=1S/C25H31N3O7S2/c1-3-35-24(30)17(2)37(33,34)27-19-7-8-21(22(16-19)28-13-11-25(9-10-25)12-14-28)23(29)26-18-5-4-6-20(15-18)36(31)32/h4-8,15-17,27H,3,9-14H2,1-2H3,(H,26,29)(H,31,32). The van der Waals surface area contributed by atoms with Crippen LogP contribution in [0.4, 0.5) is 17.1 Å². The van der Waals surface area contributed by atoms with Crippen LogP contribution in [0.1, 0.15) is 49.9 Å². The molecule has 4 rings (SSSR count). The van der Waals surface area contributed by atoms with Gasteiger partial charge < -0.3 is 19.5 Å². The highest BCUT2D eigenvalue weighted by molar-refractivity contribution is 7.94. The second-order valence-electron chi connectivity index (χ2n) is 9.49. The molecule has 2 aromatic carbocycles. The molecule has 200 valence electrons. The van der Waals surface area contributed by atoms with Gasteiger partial charge in [0.25, 0.3) is 5.91 Å². The van der Waals surface area contributed by atoms with Gasteiger partial charge in [-0.1, -0.05) is 6.07 Å². The molecular formula is C25H31N3O7S2. The fourth-order valence-corrected chi connectivity index (χ4v) is 5.84. The Morgan fingerprint density at radius 1 is 1.11 bits per heavy atom. The van der Waals surface area contributed by atoms with Gasteiger partial charge in [-0.15, -0.1) is 0 Å². The van der Waals surface area contributed by atoms with Crippen LogP contribution in [0.15, 0.2) is 47.4 Å². The fourth-order valence-electron chi connectivity index (χ4n) is 4.47. The number of hydrogen-bond acceptors (Lipinski definition) is 7. The largest absolute Gasteiger partial charge is 0.465 e. The third kappa shape index (κ3) is 6.31. The Morgan fingerprint density at radius 2 is 1.81 bits per heavy atom. The molecule has 1 heterocycles. The Bertz CT molecular complexity index is 1320. The lowest BCUT2D eigenvalue weighted by molar-refractivity contribution is -0.142. The normalized spacial score (nSPS) is 18.1. The van der Waals surface area contributed by atoms with E-state index in [1.807, 2.05) is 0 Å². The van der Waals surface area contributed by atoms with Gasteiger partial charge in [0.2, 0.25) is 10.0 Å². The van der Waals surface area contributed by atoms with Gasteiger partial charge in [0, 0.05) is 18.8 Å². The van der Waals surface area contributed by atoms with Gasteiger partial charge in [-0.2, -0.15) is 0 Å². The maximum Gasteiger partial charge on any atom is 0.325 e. The van der Waals surface area contributed by atoms with Crippen molar-refractivity contribution in [1.29, 1.82) is 0 Å². The molecule has 2 aliphatic rings. The van der Waals surface area contributed by atoms with Gasteiger partial charge in [-0.3, -0.25) is 14.3 Å². The first-order chi connectivity index (χ1) is 17.5. The maximum absolute atomic E-state index is 13.3. The summed E-state index contributed by atoms with van der Waals surface area (Å²) in [5.74, 6) is -1.28. The molecule has 2 atom stereocenters. The molecular weight excluding hydrogens is 518 g/mol. The Morgan fingerprint density at radius 3 is 2.43 bits per heavy atom. The van der Waals surface area contributed by atoms with Gasteiger partial charge in [-0.25, -0.2) is 12.6 Å². The summed E-state index contributed by atoms with van der Waals surface area (Å²) in [4.78, 5) is 27.5. The van der Waals surface area contributed by atoms with E-state index < -0.39 is 38.2 Å². The highest BCUT2D eigenvalue weighted by Gasteiger charge is 2.44. The molecule has 2 aromatic rings. The Kier molecular flexibility index (Phi) is 7.91. The molecule has 1 aliphatic carbocycles. The molecule has 0 radical (unpaired) electrons. The van der Waals surface area contributed by atoms with E-state index in [-0.39, 0.29) is 17.2 Å². The molecule has 2 fully saturated rings. The second kappa shape index (κ2) is 10.8. The van der Waals surface area contributed by atoms with Crippen molar-refractivity contribution in [2.75, 3.05) is 34.6 Å². The molecule has 1 saturated carbocycles. The van der Waals surface area contributed by atoms with E-state index in [1.165, 1.54) is 44.0 Å². The van der Waals surface area contributed by atoms with Gasteiger partial charge in [0.05, 0.1) is 28.4 Å². The lowest BCUT2D eigenvalue weighted by Gasteiger charge is -2.35. The van der Waals surface area contributed by atoms with E-state index in [1.54, 1.807) is 25.1 Å². The SMILES string of the molecule is CCOC(=O)C(C)S(=O)(=O)Nc1ccc(C(=O)Nc2cccc(S(=O)O)c2)c(N2CCC3(CC2)CC3)c1. The minimum absolute atomic E-state index is 0.0697. The number of anilines is 3. The first-order valence-electron chi connectivity index (χ1n) is 12.1. The topological polar surface area (TPSA) is 142 Å². The van der Waals surface area contributed by atoms with Crippen LogP contribution in [-0.4, -0.2) is 54.0 Å². The summed E-state index contributed by atoms with van der Waals surface area (Å²) in [6.45, 7) is 4.39. The predicted molar refractivity (Wildman–Crippen MR) is 142 cm³/mol. The van der Waals surface area contributed by atoms with Gasteiger partial charge in [0.1, 0.15) is 0 Å². The molecule has 0 aromatic heterocycles. The number of rotatable bonds is 9. The van der Waals surface area contributed by atoms with E-state index in [0.29, 0.717) is 22.4 Å². The summed E-state index contributed by atoms with van der Waals surface area (Å²) in [5.41, 5.74) is 1.89. The third-order valence-corrected chi connectivity index (χ3v) is 9.30. The zero-order valence-corrected chi connectivity index (χ0v) is 22.4. The molecule has 1 spiro atoms. The van der Waals surface area contributed by atoms with Crippen LogP contribution in [-0.2, 0) is 30.6 Å². The van der Waals surface area contributed by atoms with Gasteiger partial charge in [0.15, 0.2) is 16.3 Å². The molecule has 12 heteroatoms. The summed E-state index contributed by atoms with van der Waals surface area (Å²) < 4.78 is 53.7. The first-order valence-corrected chi connectivity index (χ1v) is 14.8. The minimum Gasteiger partial charge on any atom is -0.465 e. The van der Waals surface area contributed by atoms with Crippen LogP contribution in [0, 0.1) is 5.41 Å². The monoisotopic (exact) mass is 549 g/mol. The predicted octanol–water partition coefficient (Wildman–Crippen LogP) is 3.59. The number of carbonyl (C=O) groups is 2. The van der Waals surface area contributed by atoms with E-state index in [4.69, 9.17) is 4.74 Å². The zero-order valence-electron chi connectivity index (χ0n) is 20.7. The van der Waals surface area contributed by atoms with Crippen molar-refractivity contribution >= 4 is 50.0 Å². The van der Waals surface area contributed by atoms with Crippen molar-refractivity contribution in [3.05, 3.63) is 48.0 Å². The Labute approximate surface area is 219 Å². The molecule has 1 amide bonds. The summed E-state index contributed by atoms with van der Waals surface area (Å²) in [6.07, 6.45) is 4.41. The van der Waals surface area contributed by atoms with E-state index >= 15 is 0 Å². The minimum atomic E-state index is -4.08. The third-order valence-electron chi connectivity index (χ3n) is 7.00. The highest BCUT2D eigenvalue weighted by Crippen LogP contribution is 2.54. The van der Waals surface area contributed by atoms with Crippen molar-refractivity contribution in [3.8, 4) is 0 Å². The molecule has 2 unspecified atom stereocenters. The summed E-state index contributed by atoms with van der Waals surface area (Å²) in [6, 6.07) is 10.7.